The fourth-order valence-corrected chi connectivity index (χ4v) is 1.12. The van der Waals surface area contributed by atoms with E-state index >= 15 is 0 Å². The molecule has 0 unspecified atom stereocenters. The maximum Gasteiger partial charge on any atom is 0.0693 e. The Morgan fingerprint density at radius 3 is 2.67 bits per heavy atom. The van der Waals surface area contributed by atoms with E-state index in [2.05, 4.69) is 30.4 Å². The van der Waals surface area contributed by atoms with Gasteiger partial charge in [0.15, 0.2) is 0 Å². The summed E-state index contributed by atoms with van der Waals surface area (Å²) in [7, 11) is 0. The van der Waals surface area contributed by atoms with E-state index in [-0.39, 0.29) is 0 Å². The zero-order valence-corrected chi connectivity index (χ0v) is 7.38. The first-order chi connectivity index (χ1) is 5.75. The highest BCUT2D eigenvalue weighted by atomic mass is 14.7. The van der Waals surface area contributed by atoms with Crippen LogP contribution >= 0.6 is 0 Å². The Kier molecular flexibility index (Phi) is 2.81. The second kappa shape index (κ2) is 3.86. The van der Waals surface area contributed by atoms with Crippen LogP contribution in [0, 0.1) is 0 Å². The zero-order chi connectivity index (χ0) is 8.97. The molecule has 12 heavy (non-hydrogen) atoms. The lowest BCUT2D eigenvalue weighted by atomic mass is 10.1. The third-order valence-electron chi connectivity index (χ3n) is 1.74. The molecule has 0 aliphatic heterocycles. The fraction of sp³-hybridized carbons (Fsp3) is 0.182. The van der Waals surface area contributed by atoms with Gasteiger partial charge in [-0.25, -0.2) is 0 Å². The maximum absolute atomic E-state index is 3.94. The smallest absolute Gasteiger partial charge is 0.0693 e. The molecular weight excluding hydrogens is 146 g/mol. The predicted octanol–water partition coefficient (Wildman–Crippen LogP) is 3.03. The molecule has 0 aromatic carbocycles. The minimum absolute atomic E-state index is 0.913. The first-order valence-electron chi connectivity index (χ1n) is 3.95. The Hall–Kier alpha value is -1.37. The summed E-state index contributed by atoms with van der Waals surface area (Å²) < 4.78 is 0. The molecule has 1 rings (SSSR count). The second-order valence-corrected chi connectivity index (χ2v) is 2.78. The van der Waals surface area contributed by atoms with Gasteiger partial charge in [-0.15, -0.1) is 0 Å². The molecule has 0 bridgehead atoms. The van der Waals surface area contributed by atoms with Crippen molar-refractivity contribution in [3.05, 3.63) is 47.7 Å². The lowest BCUT2D eigenvalue weighted by molar-refractivity contribution is 1.33. The highest BCUT2D eigenvalue weighted by molar-refractivity contribution is 5.48. The molecule has 0 aromatic heterocycles. The van der Waals surface area contributed by atoms with Crippen molar-refractivity contribution in [1.82, 2.24) is 0 Å². The van der Waals surface area contributed by atoms with Crippen molar-refractivity contribution in [2.45, 2.75) is 13.3 Å². The van der Waals surface area contributed by atoms with E-state index in [4.69, 9.17) is 0 Å². The normalized spacial score (nSPS) is 16.1. The molecule has 0 amide bonds. The van der Waals surface area contributed by atoms with Crippen LogP contribution in [0.15, 0.2) is 52.7 Å². The third-order valence-corrected chi connectivity index (χ3v) is 1.74. The molecule has 1 aliphatic carbocycles. The second-order valence-electron chi connectivity index (χ2n) is 2.78. The van der Waals surface area contributed by atoms with Gasteiger partial charge in [-0.05, 0) is 31.7 Å². The molecule has 1 aliphatic rings. The number of hydrogen-bond donors (Lipinski definition) is 0. The van der Waals surface area contributed by atoms with Crippen molar-refractivity contribution >= 4 is 6.72 Å². The summed E-state index contributed by atoms with van der Waals surface area (Å²) in [5.41, 5.74) is 3.02. The molecule has 0 saturated heterocycles. The fourth-order valence-electron chi connectivity index (χ4n) is 1.12. The van der Waals surface area contributed by atoms with Crippen LogP contribution in [0.2, 0.25) is 0 Å². The topological polar surface area (TPSA) is 12.4 Å². The number of allylic oxidation sites excluding steroid dienone is 6. The number of nitrogens with zero attached hydrogens (tertiary/aromatic N) is 1. The first-order valence-corrected chi connectivity index (χ1v) is 3.95. The predicted molar refractivity (Wildman–Crippen MR) is 54.3 cm³/mol. The van der Waals surface area contributed by atoms with Gasteiger partial charge in [0.05, 0.1) is 5.70 Å². The van der Waals surface area contributed by atoms with Crippen LogP contribution in [0.1, 0.15) is 13.3 Å². The number of hydrogen-bond acceptors (Lipinski definition) is 1. The number of rotatable bonds is 2. The molecule has 0 aromatic rings. The van der Waals surface area contributed by atoms with Crippen molar-refractivity contribution in [3.8, 4) is 0 Å². The lowest BCUT2D eigenvalue weighted by Gasteiger charge is -2.01. The van der Waals surface area contributed by atoms with Crippen molar-refractivity contribution in [2.75, 3.05) is 0 Å². The van der Waals surface area contributed by atoms with Crippen LogP contribution < -0.4 is 0 Å². The van der Waals surface area contributed by atoms with Gasteiger partial charge >= 0.3 is 0 Å². The molecule has 1 nitrogen and oxygen atoms in total. The van der Waals surface area contributed by atoms with Crippen LogP contribution in [0.25, 0.3) is 0 Å². The van der Waals surface area contributed by atoms with Gasteiger partial charge in [-0.2, -0.15) is 0 Å². The van der Waals surface area contributed by atoms with Crippen LogP contribution in [-0.4, -0.2) is 6.72 Å². The molecule has 0 fully saturated rings. The standard InChI is InChI=1S/C11H13N/c1-9(2)10-7-5-4-6-8-11(10)12-3/h5-8H,1,3-4H2,2H3. The van der Waals surface area contributed by atoms with E-state index < -0.39 is 0 Å². The molecule has 1 heteroatoms. The van der Waals surface area contributed by atoms with Gasteiger partial charge in [0.1, 0.15) is 0 Å². The van der Waals surface area contributed by atoms with Crippen molar-refractivity contribution < 1.29 is 0 Å². The Morgan fingerprint density at radius 2 is 2.08 bits per heavy atom. The third kappa shape index (κ3) is 1.82. The first kappa shape index (κ1) is 8.72. The minimum Gasteiger partial charge on any atom is -0.264 e. The molecule has 0 heterocycles. The van der Waals surface area contributed by atoms with E-state index in [0.717, 1.165) is 23.3 Å². The summed E-state index contributed by atoms with van der Waals surface area (Å²) in [6.07, 6.45) is 9.15. The SMILES string of the molecule is C=NC1=C(C(=C)C)C=CCC=C1. The molecular formula is C11H13N. The van der Waals surface area contributed by atoms with Gasteiger partial charge in [-0.1, -0.05) is 24.8 Å². The van der Waals surface area contributed by atoms with Crippen LogP contribution in [-0.2, 0) is 0 Å². The van der Waals surface area contributed by atoms with Crippen LogP contribution in [0.5, 0.6) is 0 Å². The van der Waals surface area contributed by atoms with Crippen LogP contribution in [0.3, 0.4) is 0 Å². The van der Waals surface area contributed by atoms with Crippen LogP contribution in [0.4, 0.5) is 0 Å². The summed E-state index contributed by atoms with van der Waals surface area (Å²) in [6.45, 7) is 9.39. The van der Waals surface area contributed by atoms with Crippen molar-refractivity contribution in [1.29, 1.82) is 0 Å². The Morgan fingerprint density at radius 1 is 1.42 bits per heavy atom. The highest BCUT2D eigenvalue weighted by Gasteiger charge is 2.01. The van der Waals surface area contributed by atoms with Crippen molar-refractivity contribution in [3.63, 3.8) is 0 Å². The van der Waals surface area contributed by atoms with Gasteiger partial charge in [-0.3, -0.25) is 4.99 Å². The van der Waals surface area contributed by atoms with E-state index in [1.54, 1.807) is 0 Å². The molecule has 62 valence electrons. The Balaban J connectivity index is 3.15. The minimum atomic E-state index is 0.913. The molecule has 0 spiro atoms. The largest absolute Gasteiger partial charge is 0.264 e. The molecule has 0 radical (unpaired) electrons. The summed E-state index contributed by atoms with van der Waals surface area (Å²) in [5, 5.41) is 0. The summed E-state index contributed by atoms with van der Waals surface area (Å²) >= 11 is 0. The highest BCUT2D eigenvalue weighted by Crippen LogP contribution is 2.19. The van der Waals surface area contributed by atoms with E-state index in [1.807, 2.05) is 19.1 Å². The Labute approximate surface area is 73.5 Å². The molecule has 0 saturated carbocycles. The zero-order valence-electron chi connectivity index (χ0n) is 7.38. The Bertz CT molecular complexity index is 290. The van der Waals surface area contributed by atoms with Gasteiger partial charge in [0.2, 0.25) is 0 Å². The maximum atomic E-state index is 3.94. The summed E-state index contributed by atoms with van der Waals surface area (Å²) in [5.74, 6) is 0. The van der Waals surface area contributed by atoms with E-state index in [9.17, 15) is 0 Å². The monoisotopic (exact) mass is 159 g/mol. The molecule has 0 atom stereocenters. The van der Waals surface area contributed by atoms with E-state index in [0.29, 0.717) is 0 Å². The molecule has 0 N–H and O–H groups in total. The average Bonchev–Trinajstić information content (AvgIpc) is 2.27. The van der Waals surface area contributed by atoms with E-state index in [1.165, 1.54) is 0 Å². The summed E-state index contributed by atoms with van der Waals surface area (Å²) in [4.78, 5) is 3.94. The lowest BCUT2D eigenvalue weighted by Crippen LogP contribution is -1.83. The van der Waals surface area contributed by atoms with Gasteiger partial charge in [0.25, 0.3) is 0 Å². The average molecular weight is 159 g/mol. The van der Waals surface area contributed by atoms with Gasteiger partial charge in [0, 0.05) is 5.57 Å². The number of aliphatic imine (C=N–C) groups is 1. The quantitative estimate of drug-likeness (QED) is 0.549. The summed E-state index contributed by atoms with van der Waals surface area (Å²) in [6, 6.07) is 0. The van der Waals surface area contributed by atoms with Gasteiger partial charge < -0.3 is 0 Å². The van der Waals surface area contributed by atoms with Crippen molar-refractivity contribution in [2.24, 2.45) is 4.99 Å².